The van der Waals surface area contributed by atoms with Gasteiger partial charge in [0.1, 0.15) is 18.2 Å². The highest BCUT2D eigenvalue weighted by Crippen LogP contribution is 2.16. The summed E-state index contributed by atoms with van der Waals surface area (Å²) < 4.78 is 41.6. The Morgan fingerprint density at radius 3 is 2.42 bits per heavy atom. The molecule has 10 heteroatoms. The number of nitrogens with one attached hydrogen (secondary N) is 2. The molecule has 4 amide bonds. The number of rotatable bonds is 2. The van der Waals surface area contributed by atoms with Gasteiger partial charge in [-0.25, -0.2) is 9.59 Å². The molecular formula is C14H22F3N3O4. The summed E-state index contributed by atoms with van der Waals surface area (Å²) in [6.07, 6.45) is -4.13. The largest absolute Gasteiger partial charge is 0.444 e. The Hall–Kier alpha value is -2.00. The van der Waals surface area contributed by atoms with Gasteiger partial charge in [0.2, 0.25) is 0 Å². The summed E-state index contributed by atoms with van der Waals surface area (Å²) in [6, 6.07) is -2.14. The number of alkyl carbamates (subject to hydrolysis) is 1. The number of imide groups is 1. The number of alkyl halides is 3. The van der Waals surface area contributed by atoms with Crippen LogP contribution in [0.4, 0.5) is 22.8 Å². The average Bonchev–Trinajstić information content (AvgIpc) is 2.56. The van der Waals surface area contributed by atoms with Crippen LogP contribution in [0, 0.1) is 0 Å². The highest BCUT2D eigenvalue weighted by atomic mass is 19.4. The molecule has 0 aromatic carbocycles. The second kappa shape index (κ2) is 7.71. The SMILES string of the molecule is CC(C)(C)OC(=O)N[C@@H]1CCCCN(C(=O)NCC(F)(F)F)C1=O. The van der Waals surface area contributed by atoms with Gasteiger partial charge in [0.15, 0.2) is 0 Å². The fraction of sp³-hybridized carbons (Fsp3) is 0.786. The summed E-state index contributed by atoms with van der Waals surface area (Å²) in [5.41, 5.74) is -0.762. The number of carbonyl (C=O) groups excluding carboxylic acids is 3. The summed E-state index contributed by atoms with van der Waals surface area (Å²) >= 11 is 0. The van der Waals surface area contributed by atoms with Crippen molar-refractivity contribution in [1.82, 2.24) is 15.5 Å². The molecule has 0 aromatic heterocycles. The van der Waals surface area contributed by atoms with Crippen LogP contribution >= 0.6 is 0 Å². The first-order valence-corrected chi connectivity index (χ1v) is 7.54. The van der Waals surface area contributed by atoms with Crippen molar-refractivity contribution in [2.45, 2.75) is 57.9 Å². The van der Waals surface area contributed by atoms with Crippen molar-refractivity contribution in [3.05, 3.63) is 0 Å². The maximum Gasteiger partial charge on any atom is 0.408 e. The van der Waals surface area contributed by atoms with Crippen LogP contribution in [0.1, 0.15) is 40.0 Å². The van der Waals surface area contributed by atoms with E-state index in [1.165, 1.54) is 0 Å². The first kappa shape index (κ1) is 20.0. The van der Waals surface area contributed by atoms with E-state index >= 15 is 0 Å². The van der Waals surface area contributed by atoms with Crippen molar-refractivity contribution in [1.29, 1.82) is 0 Å². The van der Waals surface area contributed by atoms with Crippen molar-refractivity contribution in [2.75, 3.05) is 13.1 Å². The van der Waals surface area contributed by atoms with Crippen LogP contribution in [-0.4, -0.2) is 53.8 Å². The first-order valence-electron chi connectivity index (χ1n) is 7.54. The smallest absolute Gasteiger partial charge is 0.408 e. The van der Waals surface area contributed by atoms with Crippen LogP contribution < -0.4 is 10.6 Å². The summed E-state index contributed by atoms with van der Waals surface area (Å²) in [4.78, 5) is 36.6. The lowest BCUT2D eigenvalue weighted by molar-refractivity contribution is -0.132. The predicted molar refractivity (Wildman–Crippen MR) is 78.2 cm³/mol. The predicted octanol–water partition coefficient (Wildman–Crippen LogP) is 2.16. The topological polar surface area (TPSA) is 87.7 Å². The van der Waals surface area contributed by atoms with Crippen LogP contribution in [-0.2, 0) is 9.53 Å². The Balaban J connectivity index is 2.70. The van der Waals surface area contributed by atoms with E-state index in [0.717, 1.165) is 0 Å². The molecule has 138 valence electrons. The zero-order valence-corrected chi connectivity index (χ0v) is 13.8. The minimum atomic E-state index is -4.57. The Morgan fingerprint density at radius 1 is 1.25 bits per heavy atom. The summed E-state index contributed by atoms with van der Waals surface area (Å²) in [5, 5.41) is 4.03. The van der Waals surface area contributed by atoms with Gasteiger partial charge in [-0.05, 0) is 40.0 Å². The standard InChI is InChI=1S/C14H22F3N3O4/c1-13(2,3)24-12(23)19-9-6-4-5-7-20(10(9)21)11(22)18-8-14(15,16)17/h9H,4-8H2,1-3H3,(H,18,22)(H,19,23)/t9-/m1/s1. The van der Waals surface area contributed by atoms with Gasteiger partial charge in [0.25, 0.3) is 5.91 Å². The maximum atomic E-state index is 12.3. The van der Waals surface area contributed by atoms with E-state index in [4.69, 9.17) is 4.74 Å². The van der Waals surface area contributed by atoms with Gasteiger partial charge in [-0.1, -0.05) is 0 Å². The molecule has 0 radical (unpaired) electrons. The molecule has 1 fully saturated rings. The van der Waals surface area contributed by atoms with Crippen molar-refractivity contribution in [2.24, 2.45) is 0 Å². The molecule has 0 unspecified atom stereocenters. The second-order valence-corrected chi connectivity index (χ2v) is 6.46. The highest BCUT2D eigenvalue weighted by molar-refractivity contribution is 5.98. The summed E-state index contributed by atoms with van der Waals surface area (Å²) in [6.45, 7) is 3.42. The van der Waals surface area contributed by atoms with E-state index in [1.54, 1.807) is 26.1 Å². The van der Waals surface area contributed by atoms with E-state index in [1.807, 2.05) is 0 Å². The molecule has 0 spiro atoms. The molecule has 24 heavy (non-hydrogen) atoms. The maximum absolute atomic E-state index is 12.3. The van der Waals surface area contributed by atoms with Crippen LogP contribution in [0.2, 0.25) is 0 Å². The van der Waals surface area contributed by atoms with Gasteiger partial charge >= 0.3 is 18.3 Å². The zero-order valence-electron chi connectivity index (χ0n) is 13.8. The monoisotopic (exact) mass is 353 g/mol. The van der Waals surface area contributed by atoms with Crippen LogP contribution in [0.3, 0.4) is 0 Å². The van der Waals surface area contributed by atoms with Crippen molar-refractivity contribution in [3.8, 4) is 0 Å². The molecule has 0 saturated carbocycles. The van der Waals surface area contributed by atoms with Crippen LogP contribution in [0.5, 0.6) is 0 Å². The third-order valence-corrected chi connectivity index (χ3v) is 3.06. The van der Waals surface area contributed by atoms with Gasteiger partial charge in [-0.2, -0.15) is 13.2 Å². The average molecular weight is 353 g/mol. The molecule has 1 heterocycles. The zero-order chi connectivity index (χ0) is 18.5. The summed E-state index contributed by atoms with van der Waals surface area (Å²) in [7, 11) is 0. The number of halogens is 3. The Kier molecular flexibility index (Phi) is 6.44. The highest BCUT2D eigenvalue weighted by Gasteiger charge is 2.35. The van der Waals surface area contributed by atoms with Crippen molar-refractivity contribution >= 4 is 18.0 Å². The third-order valence-electron chi connectivity index (χ3n) is 3.06. The number of amides is 4. The minimum absolute atomic E-state index is 0.00494. The van der Waals surface area contributed by atoms with Crippen LogP contribution in [0.25, 0.3) is 0 Å². The molecule has 1 aliphatic heterocycles. The number of likely N-dealkylation sites (tertiary alicyclic amines) is 1. The lowest BCUT2D eigenvalue weighted by Gasteiger charge is -2.25. The van der Waals surface area contributed by atoms with E-state index in [2.05, 4.69) is 5.32 Å². The van der Waals surface area contributed by atoms with E-state index in [0.29, 0.717) is 17.7 Å². The third kappa shape index (κ3) is 7.05. The molecule has 1 atom stereocenters. The lowest BCUT2D eigenvalue weighted by atomic mass is 10.1. The van der Waals surface area contributed by atoms with Gasteiger partial charge in [0.05, 0.1) is 0 Å². The number of ether oxygens (including phenoxy) is 1. The number of urea groups is 1. The van der Waals surface area contributed by atoms with E-state index in [-0.39, 0.29) is 13.0 Å². The van der Waals surface area contributed by atoms with E-state index < -0.39 is 42.4 Å². The molecule has 7 nitrogen and oxygen atoms in total. The van der Waals surface area contributed by atoms with E-state index in [9.17, 15) is 27.6 Å². The Morgan fingerprint density at radius 2 is 1.88 bits per heavy atom. The number of carbonyl (C=O) groups is 3. The molecule has 0 aromatic rings. The summed E-state index contributed by atoms with van der Waals surface area (Å²) in [5.74, 6) is -0.752. The molecule has 2 N–H and O–H groups in total. The van der Waals surface area contributed by atoms with Crippen molar-refractivity contribution in [3.63, 3.8) is 0 Å². The van der Waals surface area contributed by atoms with Gasteiger partial charge in [-0.15, -0.1) is 0 Å². The van der Waals surface area contributed by atoms with Crippen LogP contribution in [0.15, 0.2) is 0 Å². The molecule has 1 aliphatic rings. The molecule has 1 saturated heterocycles. The normalized spacial score (nSPS) is 19.5. The van der Waals surface area contributed by atoms with Gasteiger partial charge in [-0.3, -0.25) is 9.69 Å². The number of hydrogen-bond acceptors (Lipinski definition) is 4. The lowest BCUT2D eigenvalue weighted by Crippen LogP contribution is -2.53. The van der Waals surface area contributed by atoms with Gasteiger partial charge in [0, 0.05) is 6.54 Å². The van der Waals surface area contributed by atoms with Crippen molar-refractivity contribution < 1.29 is 32.3 Å². The van der Waals surface area contributed by atoms with Gasteiger partial charge < -0.3 is 15.4 Å². The first-order chi connectivity index (χ1) is 10.9. The Labute approximate surface area is 137 Å². The fourth-order valence-electron chi connectivity index (χ4n) is 2.10. The molecular weight excluding hydrogens is 331 g/mol. The fourth-order valence-corrected chi connectivity index (χ4v) is 2.10. The molecule has 0 bridgehead atoms. The Bertz CT molecular complexity index is 489. The molecule has 1 rings (SSSR count). The quantitative estimate of drug-likeness (QED) is 0.796. The second-order valence-electron chi connectivity index (χ2n) is 6.46. The number of nitrogens with zero attached hydrogens (tertiary/aromatic N) is 1. The minimum Gasteiger partial charge on any atom is -0.444 e. The molecule has 0 aliphatic carbocycles. The number of hydrogen-bond donors (Lipinski definition) is 2.